The molecule has 34 heavy (non-hydrogen) atoms. The number of carbonyl (C=O) groups excluding carboxylic acids is 2. The minimum absolute atomic E-state index is 0.207. The third-order valence-corrected chi connectivity index (χ3v) is 5.06. The fourth-order valence-electron chi connectivity index (χ4n) is 2.53. The molecule has 0 spiro atoms. The van der Waals surface area contributed by atoms with E-state index in [1.54, 1.807) is 24.3 Å². The number of ether oxygens (including phenoxy) is 1. The molecular formula is C22H18F3N3O5S. The molecule has 0 unspecified atom stereocenters. The minimum atomic E-state index is -5.08. The van der Waals surface area contributed by atoms with Crippen molar-refractivity contribution in [1.29, 1.82) is 5.26 Å². The number of carboxylic acids is 1. The maximum Gasteiger partial charge on any atom is 0.490 e. The van der Waals surface area contributed by atoms with Gasteiger partial charge in [-0.25, -0.2) is 4.79 Å². The summed E-state index contributed by atoms with van der Waals surface area (Å²) >= 11 is 0.901. The fraction of sp³-hybridized carbons (Fsp3) is 0.182. The molecule has 0 aliphatic carbocycles. The molecule has 178 valence electrons. The van der Waals surface area contributed by atoms with Gasteiger partial charge in [0.1, 0.15) is 12.4 Å². The second-order valence-electron chi connectivity index (χ2n) is 6.56. The van der Waals surface area contributed by atoms with Crippen molar-refractivity contribution in [3.63, 3.8) is 0 Å². The lowest BCUT2D eigenvalue weighted by Crippen LogP contribution is -2.33. The number of imide groups is 1. The number of nitriles is 1. The van der Waals surface area contributed by atoms with Crippen LogP contribution in [0, 0.1) is 11.3 Å². The van der Waals surface area contributed by atoms with Crippen molar-refractivity contribution in [3.8, 4) is 11.8 Å². The predicted molar refractivity (Wildman–Crippen MR) is 117 cm³/mol. The molecule has 0 radical (unpaired) electrons. The number of rotatable bonds is 6. The monoisotopic (exact) mass is 493 g/mol. The molecule has 3 rings (SSSR count). The Bertz CT molecular complexity index is 1130. The van der Waals surface area contributed by atoms with E-state index in [4.69, 9.17) is 25.6 Å². The van der Waals surface area contributed by atoms with E-state index in [2.05, 4.69) is 6.07 Å². The van der Waals surface area contributed by atoms with Crippen molar-refractivity contribution in [2.75, 3.05) is 13.1 Å². The molecule has 1 aliphatic rings. The predicted octanol–water partition coefficient (Wildman–Crippen LogP) is 3.77. The van der Waals surface area contributed by atoms with Crippen molar-refractivity contribution >= 4 is 35.0 Å². The zero-order valence-electron chi connectivity index (χ0n) is 17.4. The highest BCUT2D eigenvalue weighted by Gasteiger charge is 2.38. The molecular weight excluding hydrogens is 475 g/mol. The normalized spacial score (nSPS) is 14.4. The Balaban J connectivity index is 0.000000509. The first-order valence-electron chi connectivity index (χ1n) is 9.53. The molecule has 1 heterocycles. The lowest BCUT2D eigenvalue weighted by molar-refractivity contribution is -0.192. The van der Waals surface area contributed by atoms with Gasteiger partial charge in [-0.05, 0) is 41.6 Å². The maximum absolute atomic E-state index is 12.4. The van der Waals surface area contributed by atoms with Crippen LogP contribution in [0.25, 0.3) is 6.08 Å². The molecule has 2 aromatic carbocycles. The molecule has 0 atom stereocenters. The number of benzene rings is 2. The molecule has 0 saturated carbocycles. The lowest BCUT2D eigenvalue weighted by atomic mass is 10.1. The average Bonchev–Trinajstić information content (AvgIpc) is 3.06. The lowest BCUT2D eigenvalue weighted by Gasteiger charge is -2.10. The van der Waals surface area contributed by atoms with E-state index < -0.39 is 12.1 Å². The van der Waals surface area contributed by atoms with Crippen LogP contribution in [0.3, 0.4) is 0 Å². The standard InChI is InChI=1S/C20H17N3O3S.C2HF3O2/c21-9-10-23-19(24)18(27-20(23)25)11-16-3-1-2-4-17(16)26-13-15-7-5-14(12-22)6-8-15;3-2(4,5)1(6)7/h1-8,11H,9-10,13,21H2;(H,6,7)/b18-11-;. The van der Waals surface area contributed by atoms with E-state index in [-0.39, 0.29) is 24.2 Å². The second kappa shape index (κ2) is 11.9. The summed E-state index contributed by atoms with van der Waals surface area (Å²) in [5, 5.41) is 15.7. The van der Waals surface area contributed by atoms with Gasteiger partial charge in [0.25, 0.3) is 11.1 Å². The van der Waals surface area contributed by atoms with Crippen LogP contribution in [0.2, 0.25) is 0 Å². The van der Waals surface area contributed by atoms with E-state index in [1.165, 1.54) is 0 Å². The van der Waals surface area contributed by atoms with Gasteiger partial charge in [-0.1, -0.05) is 30.3 Å². The van der Waals surface area contributed by atoms with Crippen LogP contribution in [0.15, 0.2) is 53.4 Å². The van der Waals surface area contributed by atoms with Crippen molar-refractivity contribution in [2.24, 2.45) is 5.73 Å². The van der Waals surface area contributed by atoms with Gasteiger partial charge < -0.3 is 15.6 Å². The van der Waals surface area contributed by atoms with Crippen LogP contribution in [-0.2, 0) is 16.2 Å². The summed E-state index contributed by atoms with van der Waals surface area (Å²) in [6, 6.07) is 16.5. The van der Waals surface area contributed by atoms with Crippen LogP contribution in [0.4, 0.5) is 18.0 Å². The molecule has 0 bridgehead atoms. The van der Waals surface area contributed by atoms with Crippen LogP contribution >= 0.6 is 11.8 Å². The number of nitrogens with zero attached hydrogens (tertiary/aromatic N) is 2. The first-order chi connectivity index (χ1) is 16.1. The van der Waals surface area contributed by atoms with Crippen molar-refractivity contribution in [2.45, 2.75) is 12.8 Å². The highest BCUT2D eigenvalue weighted by Crippen LogP contribution is 2.33. The molecule has 1 aliphatic heterocycles. The summed E-state index contributed by atoms with van der Waals surface area (Å²) in [5.74, 6) is -2.49. The van der Waals surface area contributed by atoms with Gasteiger partial charge in [-0.3, -0.25) is 14.5 Å². The third kappa shape index (κ3) is 7.36. The minimum Gasteiger partial charge on any atom is -0.488 e. The number of aliphatic carboxylic acids is 1. The van der Waals surface area contributed by atoms with Crippen LogP contribution in [0.1, 0.15) is 16.7 Å². The average molecular weight is 493 g/mol. The molecule has 2 amide bonds. The van der Waals surface area contributed by atoms with Gasteiger partial charge in [-0.15, -0.1) is 0 Å². The quantitative estimate of drug-likeness (QED) is 0.581. The summed E-state index contributed by atoms with van der Waals surface area (Å²) in [4.78, 5) is 34.7. The van der Waals surface area contributed by atoms with Crippen molar-refractivity contribution < 1.29 is 37.4 Å². The van der Waals surface area contributed by atoms with Gasteiger partial charge in [0, 0.05) is 18.7 Å². The third-order valence-electron chi connectivity index (χ3n) is 4.15. The van der Waals surface area contributed by atoms with E-state index in [0.717, 1.165) is 22.2 Å². The smallest absolute Gasteiger partial charge is 0.488 e. The highest BCUT2D eigenvalue weighted by molar-refractivity contribution is 8.18. The SMILES string of the molecule is N#Cc1ccc(COc2ccccc2/C=C2\SC(=O)N(CCN)C2=O)cc1.O=C(O)C(F)(F)F. The zero-order valence-corrected chi connectivity index (χ0v) is 18.2. The summed E-state index contributed by atoms with van der Waals surface area (Å²) in [5.41, 5.74) is 7.68. The van der Waals surface area contributed by atoms with Gasteiger partial charge in [0.2, 0.25) is 0 Å². The Morgan fingerprint density at radius 3 is 2.35 bits per heavy atom. The first-order valence-corrected chi connectivity index (χ1v) is 10.3. The number of nitrogens with two attached hydrogens (primary N) is 1. The van der Waals surface area contributed by atoms with Crippen LogP contribution < -0.4 is 10.5 Å². The Morgan fingerprint density at radius 1 is 1.18 bits per heavy atom. The number of amides is 2. The van der Waals surface area contributed by atoms with Gasteiger partial charge in [0.15, 0.2) is 0 Å². The largest absolute Gasteiger partial charge is 0.490 e. The molecule has 8 nitrogen and oxygen atoms in total. The Morgan fingerprint density at radius 2 is 1.79 bits per heavy atom. The van der Waals surface area contributed by atoms with E-state index >= 15 is 0 Å². The van der Waals surface area contributed by atoms with Crippen molar-refractivity contribution in [3.05, 3.63) is 70.1 Å². The summed E-state index contributed by atoms with van der Waals surface area (Å²) in [6.45, 7) is 0.764. The molecule has 2 aromatic rings. The van der Waals surface area contributed by atoms with E-state index in [1.807, 2.05) is 30.3 Å². The van der Waals surface area contributed by atoms with Crippen LogP contribution in [0.5, 0.6) is 5.75 Å². The first kappa shape index (κ1) is 26.4. The number of alkyl halides is 3. The summed E-state index contributed by atoms with van der Waals surface area (Å²) in [7, 11) is 0. The number of para-hydroxylation sites is 1. The van der Waals surface area contributed by atoms with Gasteiger partial charge >= 0.3 is 12.1 Å². The summed E-state index contributed by atoms with van der Waals surface area (Å²) < 4.78 is 37.6. The van der Waals surface area contributed by atoms with Gasteiger partial charge in [0.05, 0.1) is 16.5 Å². The molecule has 12 heteroatoms. The van der Waals surface area contributed by atoms with E-state index in [9.17, 15) is 22.8 Å². The van der Waals surface area contributed by atoms with Crippen molar-refractivity contribution in [1.82, 2.24) is 4.90 Å². The molecule has 1 saturated heterocycles. The molecule has 0 aromatic heterocycles. The van der Waals surface area contributed by atoms with Gasteiger partial charge in [-0.2, -0.15) is 18.4 Å². The number of hydrogen-bond donors (Lipinski definition) is 2. The Kier molecular flexibility index (Phi) is 9.23. The zero-order chi connectivity index (χ0) is 25.3. The van der Waals surface area contributed by atoms with Crippen LogP contribution in [-0.4, -0.2) is 46.4 Å². The molecule has 1 fully saturated rings. The van der Waals surface area contributed by atoms with E-state index in [0.29, 0.717) is 28.4 Å². The number of halogens is 3. The topological polar surface area (TPSA) is 134 Å². The number of hydrogen-bond acceptors (Lipinski definition) is 7. The highest BCUT2D eigenvalue weighted by atomic mass is 32.2. The maximum atomic E-state index is 12.4. The number of carboxylic acid groups (broad SMARTS) is 1. The number of carbonyl (C=O) groups is 3. The fourth-order valence-corrected chi connectivity index (χ4v) is 3.39. The Hall–Kier alpha value is -3.82. The molecule has 3 N–H and O–H groups in total. The Labute approximate surface area is 196 Å². The number of thioether (sulfide) groups is 1. The summed E-state index contributed by atoms with van der Waals surface area (Å²) in [6.07, 6.45) is -3.42. The second-order valence-corrected chi connectivity index (χ2v) is 7.55.